The Morgan fingerprint density at radius 1 is 1.25 bits per heavy atom. The molecule has 0 unspecified atom stereocenters. The standard InChI is InChI=1S/C20H24FN3O3S/c1-23(15-6-4-3-5-7-15)18(25)13-27-19(26)17-12-22-20(28-2)24(17)16-10-8-14(21)9-11-16/h8-12,15H,3-7,13H2,1-2H3. The summed E-state index contributed by atoms with van der Waals surface area (Å²) in [7, 11) is 1.76. The second kappa shape index (κ2) is 9.23. The van der Waals surface area contributed by atoms with E-state index in [2.05, 4.69) is 4.98 Å². The molecular formula is C20H24FN3O3S. The molecule has 6 nitrogen and oxygen atoms in total. The van der Waals surface area contributed by atoms with Gasteiger partial charge in [-0.2, -0.15) is 0 Å². The summed E-state index contributed by atoms with van der Waals surface area (Å²) in [5.74, 6) is -1.21. The van der Waals surface area contributed by atoms with Crippen molar-refractivity contribution in [1.29, 1.82) is 0 Å². The van der Waals surface area contributed by atoms with Gasteiger partial charge in [-0.05, 0) is 43.4 Å². The van der Waals surface area contributed by atoms with Crippen molar-refractivity contribution in [1.82, 2.24) is 14.5 Å². The summed E-state index contributed by atoms with van der Waals surface area (Å²) >= 11 is 1.36. The number of carbonyl (C=O) groups excluding carboxylic acids is 2. The lowest BCUT2D eigenvalue weighted by molar-refractivity contribution is -0.135. The number of likely N-dealkylation sites (N-methyl/N-ethyl adjacent to an activating group) is 1. The van der Waals surface area contributed by atoms with Crippen LogP contribution in [0.4, 0.5) is 4.39 Å². The zero-order chi connectivity index (χ0) is 20.1. The van der Waals surface area contributed by atoms with Crippen LogP contribution in [-0.2, 0) is 9.53 Å². The minimum Gasteiger partial charge on any atom is -0.451 e. The van der Waals surface area contributed by atoms with Crippen molar-refractivity contribution in [2.24, 2.45) is 0 Å². The van der Waals surface area contributed by atoms with E-state index in [1.54, 1.807) is 28.6 Å². The van der Waals surface area contributed by atoms with E-state index in [-0.39, 0.29) is 30.1 Å². The van der Waals surface area contributed by atoms with Gasteiger partial charge in [-0.25, -0.2) is 14.2 Å². The van der Waals surface area contributed by atoms with E-state index in [0.717, 1.165) is 25.7 Å². The van der Waals surface area contributed by atoms with Crippen molar-refractivity contribution in [3.05, 3.63) is 42.0 Å². The lowest BCUT2D eigenvalue weighted by Gasteiger charge is -2.31. The largest absolute Gasteiger partial charge is 0.451 e. The smallest absolute Gasteiger partial charge is 0.357 e. The van der Waals surface area contributed by atoms with Crippen molar-refractivity contribution in [3.8, 4) is 5.69 Å². The van der Waals surface area contributed by atoms with Crippen LogP contribution >= 0.6 is 11.8 Å². The Morgan fingerprint density at radius 3 is 2.57 bits per heavy atom. The third kappa shape index (κ3) is 4.55. The zero-order valence-electron chi connectivity index (χ0n) is 16.1. The number of hydrogen-bond acceptors (Lipinski definition) is 5. The van der Waals surface area contributed by atoms with Gasteiger partial charge in [0, 0.05) is 18.8 Å². The Morgan fingerprint density at radius 2 is 1.93 bits per heavy atom. The Kier molecular flexibility index (Phi) is 6.72. The van der Waals surface area contributed by atoms with Crippen LogP contribution in [0.3, 0.4) is 0 Å². The van der Waals surface area contributed by atoms with E-state index in [1.807, 2.05) is 6.26 Å². The first-order chi connectivity index (χ1) is 13.5. The molecule has 1 saturated carbocycles. The number of thioether (sulfide) groups is 1. The number of amides is 1. The highest BCUT2D eigenvalue weighted by Crippen LogP contribution is 2.23. The number of aromatic nitrogens is 2. The van der Waals surface area contributed by atoms with Crippen LogP contribution in [0.15, 0.2) is 35.6 Å². The fourth-order valence-electron chi connectivity index (χ4n) is 3.44. The summed E-state index contributed by atoms with van der Waals surface area (Å²) in [6.45, 7) is -0.310. The third-order valence-corrected chi connectivity index (χ3v) is 5.70. The van der Waals surface area contributed by atoms with Gasteiger partial charge in [0.15, 0.2) is 17.5 Å². The number of nitrogens with zero attached hydrogens (tertiary/aromatic N) is 3. The SMILES string of the molecule is CSc1ncc(C(=O)OCC(=O)N(C)C2CCCCC2)n1-c1ccc(F)cc1. The average molecular weight is 405 g/mol. The number of carbonyl (C=O) groups is 2. The highest BCUT2D eigenvalue weighted by atomic mass is 32.2. The van der Waals surface area contributed by atoms with Gasteiger partial charge < -0.3 is 9.64 Å². The Bertz CT molecular complexity index is 832. The predicted octanol–water partition coefficient (Wildman–Crippen LogP) is 3.68. The van der Waals surface area contributed by atoms with Crippen molar-refractivity contribution >= 4 is 23.6 Å². The number of esters is 1. The highest BCUT2D eigenvalue weighted by Gasteiger charge is 2.24. The Hall–Kier alpha value is -2.35. The first-order valence-corrected chi connectivity index (χ1v) is 10.5. The van der Waals surface area contributed by atoms with E-state index < -0.39 is 5.97 Å². The van der Waals surface area contributed by atoms with Crippen molar-refractivity contribution < 1.29 is 18.7 Å². The molecule has 1 heterocycles. The number of hydrogen-bond donors (Lipinski definition) is 0. The fourth-order valence-corrected chi connectivity index (χ4v) is 3.98. The summed E-state index contributed by atoms with van der Waals surface area (Å²) in [6.07, 6.45) is 8.67. The van der Waals surface area contributed by atoms with Crippen LogP contribution in [-0.4, -0.2) is 52.3 Å². The summed E-state index contributed by atoms with van der Waals surface area (Å²) in [6, 6.07) is 5.98. The van der Waals surface area contributed by atoms with Gasteiger partial charge >= 0.3 is 5.97 Å². The van der Waals surface area contributed by atoms with Gasteiger partial charge in [-0.1, -0.05) is 31.0 Å². The van der Waals surface area contributed by atoms with E-state index in [0.29, 0.717) is 10.8 Å². The maximum atomic E-state index is 13.2. The molecule has 1 aliphatic carbocycles. The Labute approximate surface area is 168 Å². The monoisotopic (exact) mass is 405 g/mol. The molecule has 0 atom stereocenters. The topological polar surface area (TPSA) is 64.4 Å². The van der Waals surface area contributed by atoms with E-state index in [1.165, 1.54) is 36.5 Å². The summed E-state index contributed by atoms with van der Waals surface area (Å²) in [5, 5.41) is 0.573. The maximum absolute atomic E-state index is 13.2. The molecule has 0 N–H and O–H groups in total. The van der Waals surface area contributed by atoms with Gasteiger partial charge in [0.1, 0.15) is 5.82 Å². The molecule has 1 aromatic carbocycles. The molecule has 1 aliphatic rings. The lowest BCUT2D eigenvalue weighted by Crippen LogP contribution is -2.40. The minimum absolute atomic E-state index is 0.198. The van der Waals surface area contributed by atoms with Crippen LogP contribution in [0.1, 0.15) is 42.6 Å². The van der Waals surface area contributed by atoms with Crippen molar-refractivity contribution in [3.63, 3.8) is 0 Å². The van der Waals surface area contributed by atoms with Crippen LogP contribution in [0.25, 0.3) is 5.69 Å². The number of ether oxygens (including phenoxy) is 1. The number of rotatable bonds is 6. The first kappa shape index (κ1) is 20.4. The maximum Gasteiger partial charge on any atom is 0.357 e. The van der Waals surface area contributed by atoms with Crippen LogP contribution in [0.2, 0.25) is 0 Å². The third-order valence-electron chi connectivity index (χ3n) is 5.05. The number of imidazole rings is 1. The molecule has 0 saturated heterocycles. The molecule has 0 spiro atoms. The van der Waals surface area contributed by atoms with Crippen LogP contribution in [0, 0.1) is 5.82 Å². The molecule has 8 heteroatoms. The highest BCUT2D eigenvalue weighted by molar-refractivity contribution is 7.98. The van der Waals surface area contributed by atoms with Gasteiger partial charge in [0.05, 0.1) is 6.20 Å². The molecule has 0 bridgehead atoms. The zero-order valence-corrected chi connectivity index (χ0v) is 16.9. The minimum atomic E-state index is -0.637. The normalized spacial score (nSPS) is 14.7. The number of halogens is 1. The second-order valence-corrected chi connectivity index (χ2v) is 7.59. The molecule has 0 aliphatic heterocycles. The van der Waals surface area contributed by atoms with Crippen molar-refractivity contribution in [2.45, 2.75) is 43.3 Å². The van der Waals surface area contributed by atoms with Crippen LogP contribution < -0.4 is 0 Å². The lowest BCUT2D eigenvalue weighted by atomic mass is 9.94. The summed E-state index contributed by atoms with van der Waals surface area (Å²) < 4.78 is 20.1. The van der Waals surface area contributed by atoms with E-state index >= 15 is 0 Å². The molecule has 2 aromatic rings. The Balaban J connectivity index is 1.70. The quantitative estimate of drug-likeness (QED) is 0.542. The van der Waals surface area contributed by atoms with Gasteiger partial charge in [-0.3, -0.25) is 9.36 Å². The van der Waals surface area contributed by atoms with E-state index in [9.17, 15) is 14.0 Å². The summed E-state index contributed by atoms with van der Waals surface area (Å²) in [5.41, 5.74) is 0.796. The molecule has 1 aromatic heterocycles. The molecule has 1 amide bonds. The van der Waals surface area contributed by atoms with Crippen molar-refractivity contribution in [2.75, 3.05) is 19.9 Å². The van der Waals surface area contributed by atoms with E-state index in [4.69, 9.17) is 4.74 Å². The predicted molar refractivity (Wildman–Crippen MR) is 105 cm³/mol. The molecule has 0 radical (unpaired) electrons. The summed E-state index contributed by atoms with van der Waals surface area (Å²) in [4.78, 5) is 30.9. The fraction of sp³-hybridized carbons (Fsp3) is 0.450. The molecule has 1 fully saturated rings. The molecular weight excluding hydrogens is 381 g/mol. The van der Waals surface area contributed by atoms with Gasteiger partial charge in [0.25, 0.3) is 5.91 Å². The van der Waals surface area contributed by atoms with Gasteiger partial charge in [-0.15, -0.1) is 0 Å². The molecule has 150 valence electrons. The van der Waals surface area contributed by atoms with Gasteiger partial charge in [0.2, 0.25) is 0 Å². The first-order valence-electron chi connectivity index (χ1n) is 9.31. The van der Waals surface area contributed by atoms with Crippen LogP contribution in [0.5, 0.6) is 0 Å². The molecule has 3 rings (SSSR count). The number of benzene rings is 1. The molecule has 28 heavy (non-hydrogen) atoms. The average Bonchev–Trinajstić information content (AvgIpc) is 3.16. The second-order valence-electron chi connectivity index (χ2n) is 6.81.